The molecule has 2 rings (SSSR count). The summed E-state index contributed by atoms with van der Waals surface area (Å²) in [6.07, 6.45) is 0. The van der Waals surface area contributed by atoms with Crippen molar-refractivity contribution in [2.45, 2.75) is 0 Å². The summed E-state index contributed by atoms with van der Waals surface area (Å²) in [7, 11) is 0.804. The van der Waals surface area contributed by atoms with Gasteiger partial charge in [-0.15, -0.1) is 0 Å². The first-order chi connectivity index (χ1) is 9.76. The Morgan fingerprint density at radius 1 is 1.05 bits per heavy atom. The van der Waals surface area contributed by atoms with E-state index < -0.39 is 15.1 Å². The summed E-state index contributed by atoms with van der Waals surface area (Å²) >= 11 is 11.8. The third-order valence-corrected chi connectivity index (χ3v) is 3.61. The molecule has 0 saturated carbocycles. The Balaban J connectivity index is 2.40. The van der Waals surface area contributed by atoms with Crippen LogP contribution in [-0.2, 0) is 9.33 Å². The van der Waals surface area contributed by atoms with E-state index in [4.69, 9.17) is 33.9 Å². The number of carbonyl (C=O) groups excluding carboxylic acids is 1. The van der Waals surface area contributed by atoms with Gasteiger partial charge in [0, 0.05) is 16.1 Å². The highest BCUT2D eigenvalue weighted by Gasteiger charge is 2.15. The van der Waals surface area contributed by atoms with Crippen molar-refractivity contribution >= 4 is 49.0 Å². The van der Waals surface area contributed by atoms with E-state index in [0.717, 1.165) is 0 Å². The fourth-order valence-electron chi connectivity index (χ4n) is 1.63. The Labute approximate surface area is 135 Å². The van der Waals surface area contributed by atoms with Gasteiger partial charge in [0.1, 0.15) is 5.75 Å². The summed E-state index contributed by atoms with van der Waals surface area (Å²) in [6, 6.07) is 10.0. The largest absolute Gasteiger partial charge is 0.401 e. The van der Waals surface area contributed by atoms with Gasteiger partial charge in [0.25, 0.3) is 0 Å². The van der Waals surface area contributed by atoms with Crippen LogP contribution < -0.4 is 4.18 Å². The van der Waals surface area contributed by atoms with Gasteiger partial charge in [0.2, 0.25) is 0 Å². The third kappa shape index (κ3) is 4.35. The minimum absolute atomic E-state index is 0.0750. The van der Waals surface area contributed by atoms with Crippen molar-refractivity contribution in [2.75, 3.05) is 0 Å². The molecule has 0 saturated heterocycles. The van der Waals surface area contributed by atoms with Crippen LogP contribution in [0.1, 0.15) is 15.9 Å². The van der Waals surface area contributed by atoms with Crippen molar-refractivity contribution < 1.29 is 17.4 Å². The molecule has 0 aliphatic carbocycles. The molecule has 0 fully saturated rings. The molecule has 0 atom stereocenters. The van der Waals surface area contributed by atoms with Crippen molar-refractivity contribution in [1.82, 2.24) is 0 Å². The molecule has 8 heteroatoms. The van der Waals surface area contributed by atoms with Crippen molar-refractivity contribution in [3.63, 3.8) is 0 Å². The van der Waals surface area contributed by atoms with E-state index in [1.54, 1.807) is 6.07 Å². The van der Waals surface area contributed by atoms with Gasteiger partial charge in [-0.3, -0.25) is 4.79 Å². The van der Waals surface area contributed by atoms with Crippen LogP contribution in [0, 0.1) is 0 Å². The Morgan fingerprint density at radius 2 is 1.76 bits per heavy atom. The summed E-state index contributed by atoms with van der Waals surface area (Å²) in [5, 5.41) is 0.596. The van der Waals surface area contributed by atoms with Crippen LogP contribution in [0.2, 0.25) is 10.0 Å². The summed E-state index contributed by atoms with van der Waals surface area (Å²) in [5.74, 6) is -0.492. The summed E-state index contributed by atoms with van der Waals surface area (Å²) in [4.78, 5) is 12.4. The van der Waals surface area contributed by atoms with E-state index in [1.165, 1.54) is 36.4 Å². The molecule has 110 valence electrons. The maximum atomic E-state index is 12.4. The number of ketones is 1. The number of hydrogen-bond donors (Lipinski definition) is 0. The lowest BCUT2D eigenvalue weighted by Crippen LogP contribution is -2.04. The Hall–Kier alpha value is -1.27. The standard InChI is InChI=1S/C13H7Cl3O4S/c14-9-4-5-12(15)11(7-9)13(17)8-2-1-3-10(6-8)20-21(16,18)19/h1-7H. The van der Waals surface area contributed by atoms with Gasteiger partial charge in [0.15, 0.2) is 5.78 Å². The molecular weight excluding hydrogens is 359 g/mol. The highest BCUT2D eigenvalue weighted by molar-refractivity contribution is 8.10. The highest BCUT2D eigenvalue weighted by Crippen LogP contribution is 2.25. The monoisotopic (exact) mass is 364 g/mol. The molecule has 2 aromatic rings. The molecule has 0 radical (unpaired) electrons. The molecular formula is C13H7Cl3O4S. The molecule has 21 heavy (non-hydrogen) atoms. The fraction of sp³-hybridized carbons (Fsp3) is 0. The molecule has 4 nitrogen and oxygen atoms in total. The highest BCUT2D eigenvalue weighted by atomic mass is 35.7. The second kappa shape index (κ2) is 6.23. The fourth-order valence-corrected chi connectivity index (χ4v) is 2.56. The van der Waals surface area contributed by atoms with Gasteiger partial charge >= 0.3 is 9.33 Å². The molecule has 0 N–H and O–H groups in total. The number of hydrogen-bond acceptors (Lipinski definition) is 4. The van der Waals surface area contributed by atoms with E-state index in [2.05, 4.69) is 4.18 Å². The number of benzene rings is 2. The van der Waals surface area contributed by atoms with Crippen LogP contribution in [-0.4, -0.2) is 14.2 Å². The van der Waals surface area contributed by atoms with Gasteiger partial charge in [-0.05, 0) is 30.3 Å². The Kier molecular flexibility index (Phi) is 4.78. The van der Waals surface area contributed by atoms with Crippen molar-refractivity contribution in [3.8, 4) is 5.75 Å². The molecule has 0 amide bonds. The molecule has 0 spiro atoms. The quantitative estimate of drug-likeness (QED) is 0.605. The van der Waals surface area contributed by atoms with E-state index in [0.29, 0.717) is 5.02 Å². The Bertz CT molecular complexity index is 803. The van der Waals surface area contributed by atoms with Gasteiger partial charge < -0.3 is 4.18 Å². The Morgan fingerprint density at radius 3 is 2.43 bits per heavy atom. The van der Waals surface area contributed by atoms with Crippen molar-refractivity contribution in [1.29, 1.82) is 0 Å². The van der Waals surface area contributed by atoms with Crippen molar-refractivity contribution in [3.05, 3.63) is 63.6 Å². The lowest BCUT2D eigenvalue weighted by atomic mass is 10.0. The number of halogens is 3. The third-order valence-electron chi connectivity index (χ3n) is 2.47. The minimum Gasteiger partial charge on any atom is -0.371 e. The zero-order valence-electron chi connectivity index (χ0n) is 10.2. The molecule has 0 aliphatic heterocycles. The summed E-state index contributed by atoms with van der Waals surface area (Å²) < 4.78 is 26.2. The van der Waals surface area contributed by atoms with Crippen LogP contribution >= 0.6 is 33.9 Å². The minimum atomic E-state index is -4.19. The normalized spacial score (nSPS) is 11.2. The average molecular weight is 366 g/mol. The molecule has 0 aromatic heterocycles. The van der Waals surface area contributed by atoms with E-state index >= 15 is 0 Å². The van der Waals surface area contributed by atoms with Gasteiger partial charge in [0.05, 0.1) is 15.7 Å². The maximum absolute atomic E-state index is 12.4. The smallest absolute Gasteiger partial charge is 0.371 e. The zero-order valence-corrected chi connectivity index (χ0v) is 13.3. The number of rotatable bonds is 4. The average Bonchev–Trinajstić information content (AvgIpc) is 2.39. The molecule has 2 aromatic carbocycles. The van der Waals surface area contributed by atoms with Crippen LogP contribution in [0.25, 0.3) is 0 Å². The molecule has 0 heterocycles. The van der Waals surface area contributed by atoms with Gasteiger partial charge in [-0.1, -0.05) is 35.3 Å². The second-order valence-corrected chi connectivity index (χ2v) is 6.89. The SMILES string of the molecule is O=C(c1cccc(OS(=O)(=O)Cl)c1)c1cc(Cl)ccc1Cl. The van der Waals surface area contributed by atoms with E-state index in [-0.39, 0.29) is 21.9 Å². The second-order valence-electron chi connectivity index (χ2n) is 3.96. The van der Waals surface area contributed by atoms with Crippen LogP contribution in [0.4, 0.5) is 0 Å². The molecule has 0 bridgehead atoms. The van der Waals surface area contributed by atoms with Gasteiger partial charge in [-0.2, -0.15) is 8.42 Å². The summed E-state index contributed by atoms with van der Waals surface area (Å²) in [5.41, 5.74) is 0.395. The first-order valence-corrected chi connectivity index (χ1v) is 8.49. The predicted octanol–water partition coefficient (Wildman–Crippen LogP) is 4.09. The van der Waals surface area contributed by atoms with E-state index in [9.17, 15) is 13.2 Å². The first kappa shape index (κ1) is 16.1. The summed E-state index contributed by atoms with van der Waals surface area (Å²) in [6.45, 7) is 0. The van der Waals surface area contributed by atoms with Gasteiger partial charge in [-0.25, -0.2) is 0 Å². The van der Waals surface area contributed by atoms with Crippen LogP contribution in [0.3, 0.4) is 0 Å². The zero-order chi connectivity index (χ0) is 15.6. The predicted molar refractivity (Wildman–Crippen MR) is 81.7 cm³/mol. The van der Waals surface area contributed by atoms with E-state index in [1.807, 2.05) is 0 Å². The number of carbonyl (C=O) groups is 1. The van der Waals surface area contributed by atoms with Crippen molar-refractivity contribution in [2.24, 2.45) is 0 Å². The topological polar surface area (TPSA) is 60.4 Å². The van der Waals surface area contributed by atoms with Crippen LogP contribution in [0.5, 0.6) is 5.75 Å². The lowest BCUT2D eigenvalue weighted by molar-refractivity contribution is 0.103. The lowest BCUT2D eigenvalue weighted by Gasteiger charge is -2.06. The maximum Gasteiger partial charge on any atom is 0.401 e. The van der Waals surface area contributed by atoms with Crippen LogP contribution in [0.15, 0.2) is 42.5 Å². The molecule has 0 unspecified atom stereocenters. The first-order valence-electron chi connectivity index (χ1n) is 5.50. The molecule has 0 aliphatic rings.